The molecule has 0 aromatic heterocycles. The van der Waals surface area contributed by atoms with Crippen molar-refractivity contribution in [1.82, 2.24) is 0 Å². The summed E-state index contributed by atoms with van der Waals surface area (Å²) < 4.78 is 0. The van der Waals surface area contributed by atoms with Gasteiger partial charge in [-0.2, -0.15) is 0 Å². The van der Waals surface area contributed by atoms with Crippen LogP contribution in [0.2, 0.25) is 0 Å². The fraction of sp³-hybridized carbons (Fsp3) is 0.0196. The summed E-state index contributed by atoms with van der Waals surface area (Å²) in [6, 6.07) is 68.5. The summed E-state index contributed by atoms with van der Waals surface area (Å²) in [7, 11) is 0. The molecule has 240 valence electrons. The Kier molecular flexibility index (Phi) is 5.73. The maximum atomic E-state index is 2.41. The summed E-state index contributed by atoms with van der Waals surface area (Å²) in [4.78, 5) is 2.66. The van der Waals surface area contributed by atoms with Crippen molar-refractivity contribution in [1.29, 1.82) is 0 Å². The molecule has 1 heterocycles. The first kappa shape index (κ1) is 28.5. The van der Waals surface area contributed by atoms with E-state index in [2.05, 4.69) is 182 Å². The molecule has 0 saturated carbocycles. The first-order valence-corrected chi connectivity index (χ1v) is 18.9. The van der Waals surface area contributed by atoms with Crippen molar-refractivity contribution >= 4 is 33.3 Å². The number of rotatable bonds is 2. The molecule has 12 rings (SSSR count). The molecule has 1 heteroatoms. The Balaban J connectivity index is 1.07. The minimum absolute atomic E-state index is 0.386. The molecule has 9 aromatic rings. The van der Waals surface area contributed by atoms with E-state index >= 15 is 0 Å². The van der Waals surface area contributed by atoms with Crippen LogP contribution in [0.1, 0.15) is 22.3 Å². The topological polar surface area (TPSA) is 0 Å². The van der Waals surface area contributed by atoms with Crippen LogP contribution in [0.3, 0.4) is 0 Å². The normalized spacial score (nSPS) is 15.7. The van der Waals surface area contributed by atoms with Gasteiger partial charge in [0, 0.05) is 15.2 Å². The van der Waals surface area contributed by atoms with Crippen molar-refractivity contribution in [2.45, 2.75) is 15.2 Å². The quantitative estimate of drug-likeness (QED) is 0.176. The van der Waals surface area contributed by atoms with E-state index < -0.39 is 0 Å². The predicted octanol–water partition coefficient (Wildman–Crippen LogP) is 13.8. The summed E-state index contributed by atoms with van der Waals surface area (Å²) in [5.41, 5.74) is 18.1. The molecule has 0 saturated heterocycles. The van der Waals surface area contributed by atoms with E-state index in [0.717, 1.165) is 0 Å². The van der Waals surface area contributed by atoms with Crippen molar-refractivity contribution in [3.8, 4) is 55.6 Å². The zero-order valence-electron chi connectivity index (χ0n) is 28.2. The lowest BCUT2D eigenvalue weighted by atomic mass is 9.70. The third-order valence-electron chi connectivity index (χ3n) is 11.9. The summed E-state index contributed by atoms with van der Waals surface area (Å²) in [5, 5.41) is 5.27. The third-order valence-corrected chi connectivity index (χ3v) is 13.0. The zero-order chi connectivity index (χ0) is 34.0. The molecule has 1 aliphatic heterocycles. The van der Waals surface area contributed by atoms with Crippen LogP contribution in [0, 0.1) is 0 Å². The molecule has 0 nitrogen and oxygen atoms in total. The third kappa shape index (κ3) is 3.63. The molecule has 0 N–H and O–H groups in total. The Hall–Kier alpha value is -6.15. The average molecular weight is 675 g/mol. The molecular weight excluding hydrogens is 645 g/mol. The minimum atomic E-state index is -0.386. The van der Waals surface area contributed by atoms with Crippen molar-refractivity contribution in [3.05, 3.63) is 204 Å². The standard InChI is InChI=1S/C51H30S/c1-2-16-36-31(11-1)25-27-45-49(36)39-17-3-5-21-42(39)51(45)43-22-6-4-18-40(43)50-37(19-10-23-44(50)51)35-15-7-14-33(29-35)34-26-28-46-41(30-34)38-20-8-12-32-13-9-24-47(52-46)48(32)38/h1-30H. The SMILES string of the molecule is c1cc(-c2ccc3c(c2)-c2cccc4cccc(c24)S3)cc(-c2cccc3c2-c2ccccc2C32c3ccccc3-c3c2ccc2ccccc32)c1. The van der Waals surface area contributed by atoms with Crippen molar-refractivity contribution in [2.75, 3.05) is 0 Å². The summed E-state index contributed by atoms with van der Waals surface area (Å²) in [5.74, 6) is 0. The Labute approximate surface area is 307 Å². The smallest absolute Gasteiger partial charge is 0.0725 e. The predicted molar refractivity (Wildman–Crippen MR) is 218 cm³/mol. The van der Waals surface area contributed by atoms with Gasteiger partial charge in [-0.25, -0.2) is 0 Å². The largest absolute Gasteiger partial charge is 0.0888 e. The number of hydrogen-bond donors (Lipinski definition) is 0. The van der Waals surface area contributed by atoms with E-state index in [1.807, 2.05) is 11.8 Å². The maximum absolute atomic E-state index is 2.41. The van der Waals surface area contributed by atoms with Crippen LogP contribution >= 0.6 is 11.8 Å². The average Bonchev–Trinajstić information content (AvgIpc) is 3.69. The Bertz CT molecular complexity index is 3000. The molecule has 52 heavy (non-hydrogen) atoms. The van der Waals surface area contributed by atoms with Crippen LogP contribution in [0.4, 0.5) is 0 Å². The molecule has 1 unspecified atom stereocenters. The molecule has 0 fully saturated rings. The fourth-order valence-electron chi connectivity index (χ4n) is 9.81. The van der Waals surface area contributed by atoms with Gasteiger partial charge in [0.2, 0.25) is 0 Å². The van der Waals surface area contributed by atoms with E-state index in [4.69, 9.17) is 0 Å². The molecule has 0 radical (unpaired) electrons. The molecule has 0 bridgehead atoms. The van der Waals surface area contributed by atoms with Gasteiger partial charge in [-0.15, -0.1) is 0 Å². The first-order chi connectivity index (χ1) is 25.8. The van der Waals surface area contributed by atoms with Gasteiger partial charge in [-0.05, 0) is 118 Å². The van der Waals surface area contributed by atoms with Crippen molar-refractivity contribution < 1.29 is 0 Å². The Morgan fingerprint density at radius 1 is 0.327 bits per heavy atom. The van der Waals surface area contributed by atoms with Crippen LogP contribution in [0.15, 0.2) is 192 Å². The second-order valence-electron chi connectivity index (χ2n) is 14.3. The highest BCUT2D eigenvalue weighted by Crippen LogP contribution is 2.65. The lowest BCUT2D eigenvalue weighted by Gasteiger charge is -2.30. The molecular formula is C51H30S. The lowest BCUT2D eigenvalue weighted by molar-refractivity contribution is 0.794. The van der Waals surface area contributed by atoms with Crippen molar-refractivity contribution in [3.63, 3.8) is 0 Å². The van der Waals surface area contributed by atoms with Crippen LogP contribution < -0.4 is 0 Å². The monoisotopic (exact) mass is 674 g/mol. The van der Waals surface area contributed by atoms with Crippen molar-refractivity contribution in [2.24, 2.45) is 0 Å². The van der Waals surface area contributed by atoms with Gasteiger partial charge < -0.3 is 0 Å². The molecule has 9 aromatic carbocycles. The minimum Gasteiger partial charge on any atom is -0.0888 e. The summed E-state index contributed by atoms with van der Waals surface area (Å²) in [6.07, 6.45) is 0. The van der Waals surface area contributed by atoms with E-state index in [9.17, 15) is 0 Å². The maximum Gasteiger partial charge on any atom is 0.0725 e. The van der Waals surface area contributed by atoms with E-state index in [-0.39, 0.29) is 5.41 Å². The van der Waals surface area contributed by atoms with Gasteiger partial charge in [0.15, 0.2) is 0 Å². The highest BCUT2D eigenvalue weighted by Gasteiger charge is 2.52. The second-order valence-corrected chi connectivity index (χ2v) is 15.4. The number of fused-ring (bicyclic) bond motifs is 14. The molecule has 3 aliphatic rings. The van der Waals surface area contributed by atoms with Gasteiger partial charge in [-0.1, -0.05) is 169 Å². The highest BCUT2D eigenvalue weighted by atomic mass is 32.2. The van der Waals surface area contributed by atoms with E-state index in [1.54, 1.807) is 0 Å². The van der Waals surface area contributed by atoms with Gasteiger partial charge in [0.25, 0.3) is 0 Å². The number of benzene rings is 9. The Morgan fingerprint density at radius 2 is 0.942 bits per heavy atom. The van der Waals surface area contributed by atoms with E-state index in [0.29, 0.717) is 0 Å². The molecule has 0 amide bonds. The summed E-state index contributed by atoms with van der Waals surface area (Å²) in [6.45, 7) is 0. The molecule has 2 aliphatic carbocycles. The number of hydrogen-bond acceptors (Lipinski definition) is 1. The lowest BCUT2D eigenvalue weighted by Crippen LogP contribution is -2.25. The van der Waals surface area contributed by atoms with Gasteiger partial charge in [0.05, 0.1) is 5.41 Å². The Morgan fingerprint density at radius 3 is 1.83 bits per heavy atom. The van der Waals surface area contributed by atoms with Gasteiger partial charge in [0.1, 0.15) is 0 Å². The van der Waals surface area contributed by atoms with Crippen LogP contribution in [-0.2, 0) is 5.41 Å². The van der Waals surface area contributed by atoms with Crippen LogP contribution in [0.5, 0.6) is 0 Å². The zero-order valence-corrected chi connectivity index (χ0v) is 29.0. The molecule has 1 spiro atoms. The molecule has 1 atom stereocenters. The highest BCUT2D eigenvalue weighted by molar-refractivity contribution is 7.99. The van der Waals surface area contributed by atoms with Gasteiger partial charge in [-0.3, -0.25) is 0 Å². The van der Waals surface area contributed by atoms with Crippen LogP contribution in [-0.4, -0.2) is 0 Å². The van der Waals surface area contributed by atoms with Gasteiger partial charge >= 0.3 is 0 Å². The summed E-state index contributed by atoms with van der Waals surface area (Å²) >= 11 is 1.89. The fourth-order valence-corrected chi connectivity index (χ4v) is 10.9. The van der Waals surface area contributed by atoms with Crippen LogP contribution in [0.25, 0.3) is 77.2 Å². The second kappa shape index (κ2) is 10.4. The first-order valence-electron chi connectivity index (χ1n) is 18.1. The van der Waals surface area contributed by atoms with E-state index in [1.165, 1.54) is 109 Å².